The number of rotatable bonds is 4. The van der Waals surface area contributed by atoms with Crippen LogP contribution in [-0.4, -0.2) is 30.3 Å². The van der Waals surface area contributed by atoms with Crippen LogP contribution in [0.5, 0.6) is 0 Å². The van der Waals surface area contributed by atoms with E-state index >= 15 is 0 Å². The molecule has 0 radical (unpaired) electrons. The largest absolute Gasteiger partial charge is 0.433 e. The second kappa shape index (κ2) is 7.27. The minimum Gasteiger partial charge on any atom is -0.388 e. The first-order valence-corrected chi connectivity index (χ1v) is 8.69. The molecule has 2 aromatic heterocycles. The predicted octanol–water partition coefficient (Wildman–Crippen LogP) is 4.74. The molecule has 162 valence electrons. The van der Waals surface area contributed by atoms with Crippen LogP contribution in [0.1, 0.15) is 36.7 Å². The van der Waals surface area contributed by atoms with E-state index in [0.29, 0.717) is 12.1 Å². The highest BCUT2D eigenvalue weighted by atomic mass is 35.5. The summed E-state index contributed by atoms with van der Waals surface area (Å²) in [4.78, 5) is 7.02. The molecule has 2 heterocycles. The Morgan fingerprint density at radius 1 is 1.07 bits per heavy atom. The van der Waals surface area contributed by atoms with Gasteiger partial charge in [0.1, 0.15) is 12.1 Å². The molecule has 6 nitrogen and oxygen atoms in total. The SMILES string of the molecule is CC(C)(O)C(Nc1cc(C(F)(F)F)nc2ncnn12)c1ccc(C(F)(F)F)cc1Cl. The van der Waals surface area contributed by atoms with Gasteiger partial charge in [-0.05, 0) is 31.5 Å². The molecule has 2 N–H and O–H groups in total. The van der Waals surface area contributed by atoms with E-state index in [1.54, 1.807) is 0 Å². The Morgan fingerprint density at radius 3 is 2.27 bits per heavy atom. The van der Waals surface area contributed by atoms with Crippen molar-refractivity contribution in [3.8, 4) is 0 Å². The number of hydrogen-bond acceptors (Lipinski definition) is 5. The first-order chi connectivity index (χ1) is 13.7. The Labute approximate surface area is 170 Å². The van der Waals surface area contributed by atoms with Crippen LogP contribution >= 0.6 is 11.6 Å². The molecule has 0 spiro atoms. The summed E-state index contributed by atoms with van der Waals surface area (Å²) in [6.07, 6.45) is -8.45. The van der Waals surface area contributed by atoms with Crippen LogP contribution in [0.15, 0.2) is 30.6 Å². The monoisotopic (exact) mass is 453 g/mol. The lowest BCUT2D eigenvalue weighted by atomic mass is 9.91. The summed E-state index contributed by atoms with van der Waals surface area (Å²) in [7, 11) is 0. The number of aliphatic hydroxyl groups is 1. The van der Waals surface area contributed by atoms with E-state index in [1.807, 2.05) is 0 Å². The molecule has 0 aliphatic rings. The molecule has 1 unspecified atom stereocenters. The summed E-state index contributed by atoms with van der Waals surface area (Å²) in [6.45, 7) is 2.64. The van der Waals surface area contributed by atoms with Crippen molar-refractivity contribution < 1.29 is 31.4 Å². The fourth-order valence-corrected chi connectivity index (χ4v) is 3.07. The van der Waals surface area contributed by atoms with E-state index in [-0.39, 0.29) is 22.2 Å². The number of anilines is 1. The third-order valence-electron chi connectivity index (χ3n) is 4.18. The summed E-state index contributed by atoms with van der Waals surface area (Å²) >= 11 is 6.03. The van der Waals surface area contributed by atoms with Crippen LogP contribution in [0.4, 0.5) is 32.2 Å². The quantitative estimate of drug-likeness (QED) is 0.558. The molecule has 1 aromatic carbocycles. The van der Waals surface area contributed by atoms with Gasteiger partial charge in [0, 0.05) is 11.1 Å². The van der Waals surface area contributed by atoms with Gasteiger partial charge in [0.15, 0.2) is 5.69 Å². The van der Waals surface area contributed by atoms with Crippen molar-refractivity contribution in [3.63, 3.8) is 0 Å². The maximum Gasteiger partial charge on any atom is 0.433 e. The van der Waals surface area contributed by atoms with Crippen molar-refractivity contribution in [2.45, 2.75) is 37.8 Å². The fourth-order valence-electron chi connectivity index (χ4n) is 2.78. The second-order valence-corrected chi connectivity index (χ2v) is 7.37. The molecule has 13 heteroatoms. The number of aromatic nitrogens is 4. The Balaban J connectivity index is 2.11. The predicted molar refractivity (Wildman–Crippen MR) is 94.9 cm³/mol. The standard InChI is InChI=1S/C17H14ClF6N5O/c1-15(2,30)13(9-4-3-8(5-10(9)18)16(19,20)21)28-12-6-11(17(22,23)24)27-14-25-7-26-29(12)14/h3-7,13,28,30H,1-2H3. The highest BCUT2D eigenvalue weighted by molar-refractivity contribution is 6.31. The molecule has 0 saturated heterocycles. The van der Waals surface area contributed by atoms with Crippen molar-refractivity contribution in [3.05, 3.63) is 52.4 Å². The highest BCUT2D eigenvalue weighted by Crippen LogP contribution is 2.38. The smallest absolute Gasteiger partial charge is 0.388 e. The molecule has 0 aliphatic heterocycles. The fraction of sp³-hybridized carbons (Fsp3) is 0.353. The summed E-state index contributed by atoms with van der Waals surface area (Å²) in [5, 5.41) is 16.7. The summed E-state index contributed by atoms with van der Waals surface area (Å²) in [5.41, 5.74) is -3.89. The zero-order chi connectivity index (χ0) is 22.5. The van der Waals surface area contributed by atoms with Crippen LogP contribution < -0.4 is 5.32 Å². The van der Waals surface area contributed by atoms with Crippen molar-refractivity contribution in [2.75, 3.05) is 5.32 Å². The van der Waals surface area contributed by atoms with Gasteiger partial charge in [0.05, 0.1) is 17.2 Å². The minimum absolute atomic E-state index is 0.0378. The van der Waals surface area contributed by atoms with E-state index < -0.39 is 35.3 Å². The highest BCUT2D eigenvalue weighted by Gasteiger charge is 2.37. The van der Waals surface area contributed by atoms with Gasteiger partial charge < -0.3 is 10.4 Å². The number of halogens is 7. The lowest BCUT2D eigenvalue weighted by Crippen LogP contribution is -2.35. The van der Waals surface area contributed by atoms with E-state index in [9.17, 15) is 31.4 Å². The van der Waals surface area contributed by atoms with Gasteiger partial charge in [0.2, 0.25) is 0 Å². The number of nitrogens with zero attached hydrogens (tertiary/aromatic N) is 4. The number of alkyl halides is 6. The van der Waals surface area contributed by atoms with E-state index in [2.05, 4.69) is 20.4 Å². The molecule has 3 aromatic rings. The van der Waals surface area contributed by atoms with Crippen LogP contribution in [0.2, 0.25) is 5.02 Å². The zero-order valence-corrected chi connectivity index (χ0v) is 16.1. The van der Waals surface area contributed by atoms with Crippen molar-refractivity contribution >= 4 is 23.2 Å². The van der Waals surface area contributed by atoms with Crippen molar-refractivity contribution in [1.82, 2.24) is 19.6 Å². The molecule has 30 heavy (non-hydrogen) atoms. The van der Waals surface area contributed by atoms with Gasteiger partial charge in [-0.15, -0.1) is 0 Å². The first-order valence-electron chi connectivity index (χ1n) is 8.31. The average molecular weight is 454 g/mol. The molecule has 0 aliphatic carbocycles. The molecule has 3 rings (SSSR count). The van der Waals surface area contributed by atoms with E-state index in [4.69, 9.17) is 11.6 Å². The molecular weight excluding hydrogens is 440 g/mol. The summed E-state index contributed by atoms with van der Waals surface area (Å²) in [6, 6.07) is 1.93. The zero-order valence-electron chi connectivity index (χ0n) is 15.3. The second-order valence-electron chi connectivity index (χ2n) is 6.96. The Kier molecular flexibility index (Phi) is 5.35. The normalized spacial score (nSPS) is 14.2. The Hall–Kier alpha value is -2.60. The molecule has 0 amide bonds. The Morgan fingerprint density at radius 2 is 1.73 bits per heavy atom. The lowest BCUT2D eigenvalue weighted by molar-refractivity contribution is -0.141. The third kappa shape index (κ3) is 4.43. The van der Waals surface area contributed by atoms with Crippen molar-refractivity contribution in [2.24, 2.45) is 0 Å². The molecule has 1 atom stereocenters. The van der Waals surface area contributed by atoms with Crippen LogP contribution in [0.3, 0.4) is 0 Å². The maximum atomic E-state index is 13.2. The van der Waals surface area contributed by atoms with Gasteiger partial charge in [-0.1, -0.05) is 17.7 Å². The molecular formula is C17H14ClF6N5O. The molecule has 0 fully saturated rings. The molecule has 0 saturated carbocycles. The van der Waals surface area contributed by atoms with Crippen molar-refractivity contribution in [1.29, 1.82) is 0 Å². The maximum absolute atomic E-state index is 13.2. The Bertz CT molecular complexity index is 1070. The topological polar surface area (TPSA) is 75.3 Å². The van der Waals surface area contributed by atoms with Crippen LogP contribution in [0.25, 0.3) is 5.78 Å². The average Bonchev–Trinajstić information content (AvgIpc) is 3.06. The summed E-state index contributed by atoms with van der Waals surface area (Å²) in [5.74, 6) is -0.603. The van der Waals surface area contributed by atoms with Crippen LogP contribution in [-0.2, 0) is 12.4 Å². The van der Waals surface area contributed by atoms with Crippen LogP contribution in [0, 0.1) is 0 Å². The third-order valence-corrected chi connectivity index (χ3v) is 4.51. The van der Waals surface area contributed by atoms with Gasteiger partial charge in [0.25, 0.3) is 5.78 Å². The van der Waals surface area contributed by atoms with E-state index in [1.165, 1.54) is 13.8 Å². The van der Waals surface area contributed by atoms with Gasteiger partial charge in [-0.3, -0.25) is 0 Å². The van der Waals surface area contributed by atoms with Gasteiger partial charge in [-0.25, -0.2) is 4.98 Å². The lowest BCUT2D eigenvalue weighted by Gasteiger charge is -2.32. The summed E-state index contributed by atoms with van der Waals surface area (Å²) < 4.78 is 79.3. The number of benzene rings is 1. The molecule has 0 bridgehead atoms. The number of hydrogen-bond donors (Lipinski definition) is 2. The first kappa shape index (κ1) is 22.1. The van der Waals surface area contributed by atoms with Gasteiger partial charge in [-0.2, -0.15) is 40.9 Å². The van der Waals surface area contributed by atoms with E-state index in [0.717, 1.165) is 23.0 Å². The number of fused-ring (bicyclic) bond motifs is 1. The van der Waals surface area contributed by atoms with Gasteiger partial charge >= 0.3 is 12.4 Å². The minimum atomic E-state index is -4.79. The number of nitrogens with one attached hydrogen (secondary N) is 1.